The van der Waals surface area contributed by atoms with Crippen molar-refractivity contribution < 1.29 is 33.6 Å². The van der Waals surface area contributed by atoms with Gasteiger partial charge in [0, 0.05) is 31.6 Å². The summed E-state index contributed by atoms with van der Waals surface area (Å²) in [5.74, 6) is 0.0944. The molecule has 4 N–H and O–H groups in total. The summed E-state index contributed by atoms with van der Waals surface area (Å²) < 4.78 is 38.1. The highest BCUT2D eigenvalue weighted by atomic mass is 32.1. The highest BCUT2D eigenvalue weighted by Crippen LogP contribution is 2.35. The Morgan fingerprint density at radius 1 is 1.19 bits per heavy atom. The van der Waals surface area contributed by atoms with E-state index in [1.54, 1.807) is 9.80 Å². The van der Waals surface area contributed by atoms with Gasteiger partial charge in [-0.2, -0.15) is 13.2 Å². The number of rotatable bonds is 4. The zero-order valence-electron chi connectivity index (χ0n) is 13.9. The molecule has 3 heterocycles. The van der Waals surface area contributed by atoms with Crippen LogP contribution < -0.4 is 4.90 Å². The second-order valence-corrected chi connectivity index (χ2v) is 7.70. The first kappa shape index (κ1) is 19.8. The van der Waals surface area contributed by atoms with Crippen LogP contribution in [0.4, 0.5) is 18.3 Å². The van der Waals surface area contributed by atoms with E-state index >= 15 is 0 Å². The van der Waals surface area contributed by atoms with Gasteiger partial charge in [-0.3, -0.25) is 4.90 Å². The molecular formula is C15H22F3N3O4S. The number of hydrogen-bond acceptors (Lipinski definition) is 8. The van der Waals surface area contributed by atoms with E-state index in [4.69, 9.17) is 0 Å². The van der Waals surface area contributed by atoms with E-state index in [1.807, 2.05) is 0 Å². The largest absolute Gasteiger partial charge is 0.434 e. The van der Waals surface area contributed by atoms with Crippen LogP contribution in [0.15, 0.2) is 5.38 Å². The SMILES string of the molecule is OC[C@@H]1[C@@H](O)[C@H](O)[C@@H](O)CN1C[C@H]1CCN(c2nc(C(F)(F)F)cs2)C1. The lowest BCUT2D eigenvalue weighted by Crippen LogP contribution is -2.63. The predicted octanol–water partition coefficient (Wildman–Crippen LogP) is -0.253. The van der Waals surface area contributed by atoms with Crippen molar-refractivity contribution in [1.82, 2.24) is 9.88 Å². The monoisotopic (exact) mass is 397 g/mol. The number of aromatic nitrogens is 1. The molecule has 7 nitrogen and oxygen atoms in total. The Bertz CT molecular complexity index is 617. The molecule has 0 amide bonds. The smallest absolute Gasteiger partial charge is 0.395 e. The topological polar surface area (TPSA) is 100 Å². The normalized spacial score (nSPS) is 33.8. The first-order chi connectivity index (χ1) is 12.2. The predicted molar refractivity (Wildman–Crippen MR) is 87.9 cm³/mol. The molecular weight excluding hydrogens is 375 g/mol. The van der Waals surface area contributed by atoms with Gasteiger partial charge in [0.25, 0.3) is 0 Å². The van der Waals surface area contributed by atoms with Crippen molar-refractivity contribution in [2.45, 2.75) is 37.0 Å². The van der Waals surface area contributed by atoms with Crippen LogP contribution >= 0.6 is 11.3 Å². The zero-order valence-corrected chi connectivity index (χ0v) is 14.7. The maximum atomic E-state index is 12.7. The summed E-state index contributed by atoms with van der Waals surface area (Å²) >= 11 is 0.956. The molecule has 5 atom stereocenters. The maximum absolute atomic E-state index is 12.7. The summed E-state index contributed by atoms with van der Waals surface area (Å²) in [5, 5.41) is 40.4. The molecule has 0 aliphatic carbocycles. The van der Waals surface area contributed by atoms with Crippen molar-refractivity contribution in [3.8, 4) is 0 Å². The van der Waals surface area contributed by atoms with Crippen molar-refractivity contribution >= 4 is 16.5 Å². The molecule has 1 aromatic heterocycles. The lowest BCUT2D eigenvalue weighted by Gasteiger charge is -2.44. The number of nitrogens with zero attached hydrogens (tertiary/aromatic N) is 3. The zero-order chi connectivity index (χ0) is 19.1. The molecule has 26 heavy (non-hydrogen) atoms. The molecule has 0 spiro atoms. The molecule has 2 aliphatic rings. The van der Waals surface area contributed by atoms with Crippen molar-refractivity contribution in [3.63, 3.8) is 0 Å². The minimum atomic E-state index is -4.46. The van der Waals surface area contributed by atoms with E-state index in [9.17, 15) is 33.6 Å². The van der Waals surface area contributed by atoms with Crippen LogP contribution in [-0.4, -0.2) is 87.4 Å². The summed E-state index contributed by atoms with van der Waals surface area (Å²) in [7, 11) is 0. The number of hydrogen-bond donors (Lipinski definition) is 4. The Balaban J connectivity index is 1.61. The van der Waals surface area contributed by atoms with Crippen LogP contribution in [-0.2, 0) is 6.18 Å². The van der Waals surface area contributed by atoms with Crippen LogP contribution in [0.3, 0.4) is 0 Å². The van der Waals surface area contributed by atoms with Gasteiger partial charge in [-0.15, -0.1) is 11.3 Å². The van der Waals surface area contributed by atoms with Gasteiger partial charge in [-0.25, -0.2) is 4.98 Å². The van der Waals surface area contributed by atoms with Gasteiger partial charge < -0.3 is 25.3 Å². The second-order valence-electron chi connectivity index (χ2n) is 6.87. The molecule has 0 aromatic carbocycles. The molecule has 0 saturated carbocycles. The third-order valence-electron chi connectivity index (χ3n) is 5.05. The first-order valence-electron chi connectivity index (χ1n) is 8.37. The van der Waals surface area contributed by atoms with E-state index in [-0.39, 0.29) is 19.1 Å². The number of thiazole rings is 1. The minimum Gasteiger partial charge on any atom is -0.395 e. The van der Waals surface area contributed by atoms with Crippen LogP contribution in [0, 0.1) is 5.92 Å². The third kappa shape index (κ3) is 3.97. The third-order valence-corrected chi connectivity index (χ3v) is 5.95. The molecule has 0 bridgehead atoms. The number of anilines is 1. The van der Waals surface area contributed by atoms with Gasteiger partial charge in [0.05, 0.1) is 18.8 Å². The summed E-state index contributed by atoms with van der Waals surface area (Å²) in [5.41, 5.74) is -0.891. The molecule has 148 valence electrons. The maximum Gasteiger partial charge on any atom is 0.434 e. The minimum absolute atomic E-state index is 0.0944. The number of aliphatic hydroxyl groups is 4. The van der Waals surface area contributed by atoms with E-state index < -0.39 is 36.2 Å². The summed E-state index contributed by atoms with van der Waals surface area (Å²) in [6, 6.07) is -0.681. The Morgan fingerprint density at radius 2 is 1.92 bits per heavy atom. The lowest BCUT2D eigenvalue weighted by atomic mass is 9.93. The number of aliphatic hydroxyl groups excluding tert-OH is 4. The Morgan fingerprint density at radius 3 is 2.54 bits per heavy atom. The second kappa shape index (κ2) is 7.56. The standard InChI is InChI=1S/C15H22F3N3O4S/c16-15(17,18)11-7-26-14(19-11)20-2-1-8(3-20)4-21-5-10(23)13(25)12(24)9(21)6-22/h7-10,12-13,22-25H,1-6H2/t8-,9+,10-,12+,13+/m0/s1. The van der Waals surface area contributed by atoms with Gasteiger partial charge in [0.1, 0.15) is 12.2 Å². The molecule has 0 radical (unpaired) electrons. The molecule has 0 unspecified atom stereocenters. The van der Waals surface area contributed by atoms with Crippen molar-refractivity contribution in [3.05, 3.63) is 11.1 Å². The van der Waals surface area contributed by atoms with E-state index in [1.165, 1.54) is 0 Å². The fourth-order valence-corrected chi connectivity index (χ4v) is 4.48. The number of alkyl halides is 3. The van der Waals surface area contributed by atoms with Crippen LogP contribution in [0.2, 0.25) is 0 Å². The van der Waals surface area contributed by atoms with Crippen LogP contribution in [0.25, 0.3) is 0 Å². The average molecular weight is 397 g/mol. The highest BCUT2D eigenvalue weighted by molar-refractivity contribution is 7.13. The Labute approximate surface area is 152 Å². The van der Waals surface area contributed by atoms with Crippen molar-refractivity contribution in [2.24, 2.45) is 5.92 Å². The highest BCUT2D eigenvalue weighted by Gasteiger charge is 2.42. The van der Waals surface area contributed by atoms with E-state index in [0.29, 0.717) is 24.8 Å². The first-order valence-corrected chi connectivity index (χ1v) is 9.25. The Hall–Kier alpha value is -0.980. The van der Waals surface area contributed by atoms with Gasteiger partial charge in [0.2, 0.25) is 0 Å². The molecule has 3 rings (SSSR count). The fourth-order valence-electron chi connectivity index (χ4n) is 3.62. The van der Waals surface area contributed by atoms with E-state index in [2.05, 4.69) is 4.98 Å². The fraction of sp³-hybridized carbons (Fsp3) is 0.800. The number of piperidine rings is 1. The lowest BCUT2D eigenvalue weighted by molar-refractivity contribution is -0.146. The van der Waals surface area contributed by atoms with E-state index in [0.717, 1.165) is 23.1 Å². The molecule has 2 fully saturated rings. The van der Waals surface area contributed by atoms with Crippen LogP contribution in [0.1, 0.15) is 12.1 Å². The number of β-amino-alcohol motifs (C(OH)–C–C–N with tert-alkyl or cyclic N) is 1. The van der Waals surface area contributed by atoms with Crippen molar-refractivity contribution in [2.75, 3.05) is 37.7 Å². The molecule has 1 aromatic rings. The number of likely N-dealkylation sites (tertiary alicyclic amines) is 1. The van der Waals surface area contributed by atoms with Gasteiger partial charge in [-0.1, -0.05) is 0 Å². The summed E-state index contributed by atoms with van der Waals surface area (Å²) in [6.07, 6.45) is -7.40. The van der Waals surface area contributed by atoms with Crippen molar-refractivity contribution in [1.29, 1.82) is 0 Å². The molecule has 11 heteroatoms. The van der Waals surface area contributed by atoms with Gasteiger partial charge in [0.15, 0.2) is 10.8 Å². The summed E-state index contributed by atoms with van der Waals surface area (Å²) in [4.78, 5) is 7.19. The van der Waals surface area contributed by atoms with Gasteiger partial charge >= 0.3 is 6.18 Å². The summed E-state index contributed by atoms with van der Waals surface area (Å²) in [6.45, 7) is 1.30. The van der Waals surface area contributed by atoms with Gasteiger partial charge in [-0.05, 0) is 12.3 Å². The number of halogens is 3. The average Bonchev–Trinajstić information content (AvgIpc) is 3.21. The molecule has 2 aliphatic heterocycles. The molecule has 2 saturated heterocycles. The Kier molecular flexibility index (Phi) is 5.75. The quantitative estimate of drug-likeness (QED) is 0.556. The van der Waals surface area contributed by atoms with Crippen LogP contribution in [0.5, 0.6) is 0 Å².